The molecule has 1 fully saturated rings. The number of benzene rings is 1. The standard InChI is InChI=1S/C15H22Cl2N2O/c1-10-4-3-7-15(9-10,20-2)14(19-18)12-8-11(16)5-6-13(12)17/h5-6,8,10,14,19H,3-4,7,9,18H2,1-2H3. The quantitative estimate of drug-likeness (QED) is 0.649. The van der Waals surface area contributed by atoms with Crippen LogP contribution < -0.4 is 11.3 Å². The van der Waals surface area contributed by atoms with E-state index in [0.717, 1.165) is 24.8 Å². The number of nitrogens with two attached hydrogens (primary N) is 1. The molecule has 0 saturated heterocycles. The Morgan fingerprint density at radius 2 is 2.20 bits per heavy atom. The minimum atomic E-state index is -0.333. The SMILES string of the molecule is COC1(C(NN)c2cc(Cl)ccc2Cl)CCCC(C)C1. The molecule has 3 atom stereocenters. The molecule has 0 amide bonds. The van der Waals surface area contributed by atoms with Crippen LogP contribution in [0, 0.1) is 5.92 Å². The molecule has 0 bridgehead atoms. The maximum absolute atomic E-state index is 6.33. The first-order chi connectivity index (χ1) is 9.52. The lowest BCUT2D eigenvalue weighted by Gasteiger charge is -2.44. The molecule has 2 rings (SSSR count). The summed E-state index contributed by atoms with van der Waals surface area (Å²) in [6, 6.07) is 5.29. The number of ether oxygens (including phenoxy) is 1. The normalized spacial score (nSPS) is 28.4. The first-order valence-electron chi connectivity index (χ1n) is 6.98. The van der Waals surface area contributed by atoms with Gasteiger partial charge in [-0.15, -0.1) is 0 Å². The van der Waals surface area contributed by atoms with Gasteiger partial charge in [-0.05, 0) is 42.5 Å². The van der Waals surface area contributed by atoms with Crippen molar-refractivity contribution < 1.29 is 4.74 Å². The van der Waals surface area contributed by atoms with Crippen LogP contribution in [0.5, 0.6) is 0 Å². The summed E-state index contributed by atoms with van der Waals surface area (Å²) in [5, 5.41) is 1.31. The molecule has 1 aromatic rings. The van der Waals surface area contributed by atoms with Crippen LogP contribution in [0.4, 0.5) is 0 Å². The molecule has 5 heteroatoms. The molecule has 1 aromatic carbocycles. The van der Waals surface area contributed by atoms with E-state index in [1.807, 2.05) is 6.07 Å². The van der Waals surface area contributed by atoms with E-state index in [1.165, 1.54) is 6.42 Å². The Morgan fingerprint density at radius 3 is 2.80 bits per heavy atom. The molecule has 0 heterocycles. The van der Waals surface area contributed by atoms with Crippen LogP contribution in [0.3, 0.4) is 0 Å². The molecule has 1 saturated carbocycles. The summed E-state index contributed by atoms with van der Waals surface area (Å²) in [5.41, 5.74) is 3.47. The van der Waals surface area contributed by atoms with Gasteiger partial charge < -0.3 is 4.74 Å². The predicted molar refractivity (Wildman–Crippen MR) is 83.9 cm³/mol. The number of hydrogen-bond acceptors (Lipinski definition) is 3. The van der Waals surface area contributed by atoms with Crippen molar-refractivity contribution in [3.05, 3.63) is 33.8 Å². The first kappa shape index (κ1) is 16.1. The van der Waals surface area contributed by atoms with Gasteiger partial charge >= 0.3 is 0 Å². The Hall–Kier alpha value is -0.320. The Morgan fingerprint density at radius 1 is 1.45 bits per heavy atom. The van der Waals surface area contributed by atoms with E-state index in [0.29, 0.717) is 16.0 Å². The van der Waals surface area contributed by atoms with Gasteiger partial charge in [0.05, 0.1) is 11.6 Å². The topological polar surface area (TPSA) is 47.3 Å². The average Bonchev–Trinajstić information content (AvgIpc) is 2.43. The van der Waals surface area contributed by atoms with Crippen LogP contribution in [0.15, 0.2) is 18.2 Å². The summed E-state index contributed by atoms with van der Waals surface area (Å²) in [6.45, 7) is 2.25. The van der Waals surface area contributed by atoms with E-state index >= 15 is 0 Å². The summed E-state index contributed by atoms with van der Waals surface area (Å²) in [5.74, 6) is 6.44. The molecular formula is C15H22Cl2N2O. The van der Waals surface area contributed by atoms with Crippen molar-refractivity contribution in [1.29, 1.82) is 0 Å². The second-order valence-electron chi connectivity index (χ2n) is 5.74. The lowest BCUT2D eigenvalue weighted by molar-refractivity contribution is -0.0806. The summed E-state index contributed by atoms with van der Waals surface area (Å²) in [7, 11) is 1.75. The molecule has 20 heavy (non-hydrogen) atoms. The van der Waals surface area contributed by atoms with Crippen molar-refractivity contribution in [2.24, 2.45) is 11.8 Å². The maximum atomic E-state index is 6.33. The Bertz CT molecular complexity index is 469. The largest absolute Gasteiger partial charge is 0.376 e. The van der Waals surface area contributed by atoms with Gasteiger partial charge in [-0.1, -0.05) is 43.0 Å². The molecule has 3 N–H and O–H groups in total. The number of nitrogens with one attached hydrogen (secondary N) is 1. The van der Waals surface area contributed by atoms with Crippen LogP contribution in [0.1, 0.15) is 44.2 Å². The third-order valence-electron chi connectivity index (χ3n) is 4.36. The van der Waals surface area contributed by atoms with E-state index in [-0.39, 0.29) is 11.6 Å². The van der Waals surface area contributed by atoms with Gasteiger partial charge in [-0.3, -0.25) is 11.3 Å². The van der Waals surface area contributed by atoms with Gasteiger partial charge in [0.2, 0.25) is 0 Å². The average molecular weight is 317 g/mol. The first-order valence-corrected chi connectivity index (χ1v) is 7.74. The Balaban J connectivity index is 2.41. The van der Waals surface area contributed by atoms with E-state index in [4.69, 9.17) is 33.8 Å². The molecule has 0 aliphatic heterocycles. The highest BCUT2D eigenvalue weighted by Gasteiger charge is 2.43. The summed E-state index contributed by atoms with van der Waals surface area (Å²) >= 11 is 12.4. The van der Waals surface area contributed by atoms with Crippen molar-refractivity contribution in [3.8, 4) is 0 Å². The zero-order chi connectivity index (χ0) is 14.8. The molecule has 112 valence electrons. The molecule has 0 spiro atoms. The fraction of sp³-hybridized carbons (Fsp3) is 0.600. The number of rotatable bonds is 4. The summed E-state index contributed by atoms with van der Waals surface area (Å²) in [6.07, 6.45) is 4.28. The van der Waals surface area contributed by atoms with Crippen LogP contribution in [-0.2, 0) is 4.74 Å². The Labute approximate surface area is 130 Å². The third kappa shape index (κ3) is 3.12. The number of methoxy groups -OCH3 is 1. The van der Waals surface area contributed by atoms with E-state index in [2.05, 4.69) is 12.3 Å². The number of halogens is 2. The highest BCUT2D eigenvalue weighted by atomic mass is 35.5. The van der Waals surface area contributed by atoms with Crippen LogP contribution >= 0.6 is 23.2 Å². The van der Waals surface area contributed by atoms with Crippen molar-refractivity contribution in [1.82, 2.24) is 5.43 Å². The monoisotopic (exact) mass is 316 g/mol. The molecule has 0 aromatic heterocycles. The van der Waals surface area contributed by atoms with E-state index < -0.39 is 0 Å². The number of hydrazine groups is 1. The fourth-order valence-electron chi connectivity index (χ4n) is 3.37. The van der Waals surface area contributed by atoms with Crippen LogP contribution in [-0.4, -0.2) is 12.7 Å². The molecule has 1 aliphatic rings. The second-order valence-corrected chi connectivity index (χ2v) is 6.58. The van der Waals surface area contributed by atoms with Crippen molar-refractivity contribution >= 4 is 23.2 Å². The second kappa shape index (κ2) is 6.63. The van der Waals surface area contributed by atoms with Crippen molar-refractivity contribution in [2.75, 3.05) is 7.11 Å². The minimum Gasteiger partial charge on any atom is -0.376 e. The Kier molecular flexibility index (Phi) is 5.32. The van der Waals surface area contributed by atoms with Gasteiger partial charge in [0.15, 0.2) is 0 Å². The van der Waals surface area contributed by atoms with E-state index in [1.54, 1.807) is 19.2 Å². The molecule has 3 unspecified atom stereocenters. The zero-order valence-corrected chi connectivity index (χ0v) is 13.5. The highest BCUT2D eigenvalue weighted by molar-refractivity contribution is 6.33. The van der Waals surface area contributed by atoms with Gasteiger partial charge in [-0.25, -0.2) is 0 Å². The summed E-state index contributed by atoms with van der Waals surface area (Å²) < 4.78 is 5.91. The van der Waals surface area contributed by atoms with Gasteiger partial charge in [0, 0.05) is 17.2 Å². The number of hydrogen-bond donors (Lipinski definition) is 2. The van der Waals surface area contributed by atoms with Crippen LogP contribution in [0.2, 0.25) is 10.0 Å². The zero-order valence-electron chi connectivity index (χ0n) is 12.0. The van der Waals surface area contributed by atoms with Gasteiger partial charge in [0.1, 0.15) is 0 Å². The van der Waals surface area contributed by atoms with Crippen molar-refractivity contribution in [2.45, 2.75) is 44.2 Å². The molecule has 1 aliphatic carbocycles. The lowest BCUT2D eigenvalue weighted by Crippen LogP contribution is -2.50. The summed E-state index contributed by atoms with van der Waals surface area (Å²) in [4.78, 5) is 0. The van der Waals surface area contributed by atoms with Crippen molar-refractivity contribution in [3.63, 3.8) is 0 Å². The third-order valence-corrected chi connectivity index (χ3v) is 4.94. The van der Waals surface area contributed by atoms with E-state index in [9.17, 15) is 0 Å². The maximum Gasteiger partial charge on any atom is 0.0888 e. The molecular weight excluding hydrogens is 295 g/mol. The molecule has 3 nitrogen and oxygen atoms in total. The highest BCUT2D eigenvalue weighted by Crippen LogP contribution is 2.44. The smallest absolute Gasteiger partial charge is 0.0888 e. The molecule has 0 radical (unpaired) electrons. The minimum absolute atomic E-state index is 0.165. The van der Waals surface area contributed by atoms with Gasteiger partial charge in [-0.2, -0.15) is 0 Å². The predicted octanol–water partition coefficient (Wildman–Crippen LogP) is 4.09. The van der Waals surface area contributed by atoms with Gasteiger partial charge in [0.25, 0.3) is 0 Å². The lowest BCUT2D eigenvalue weighted by atomic mass is 9.73. The fourth-order valence-corrected chi connectivity index (χ4v) is 3.78. The van der Waals surface area contributed by atoms with Crippen LogP contribution in [0.25, 0.3) is 0 Å².